The molecule has 0 radical (unpaired) electrons. The molecule has 0 unspecified atom stereocenters. The molecule has 0 saturated heterocycles. The quantitative estimate of drug-likeness (QED) is 0.477. The van der Waals surface area contributed by atoms with E-state index in [0.29, 0.717) is 30.4 Å². The van der Waals surface area contributed by atoms with Crippen LogP contribution in [0.5, 0.6) is 23.0 Å². The monoisotopic (exact) mass is 415 g/mol. The van der Waals surface area contributed by atoms with Gasteiger partial charge in [0.2, 0.25) is 5.75 Å². The van der Waals surface area contributed by atoms with Crippen molar-refractivity contribution in [2.45, 2.75) is 13.5 Å². The molecule has 1 aromatic heterocycles. The van der Waals surface area contributed by atoms with E-state index in [1.54, 1.807) is 21.3 Å². The average Bonchev–Trinajstić information content (AvgIpc) is 3.23. The first-order valence-electron chi connectivity index (χ1n) is 9.15. The predicted octanol–water partition coefficient (Wildman–Crippen LogP) is 4.35. The highest BCUT2D eigenvalue weighted by atomic mass is 32.1. The number of methoxy groups -OCH3 is 3. The number of thiazole rings is 1. The van der Waals surface area contributed by atoms with Crippen LogP contribution >= 0.6 is 11.3 Å². The summed E-state index contributed by atoms with van der Waals surface area (Å²) in [6.07, 6.45) is 0. The van der Waals surface area contributed by atoms with E-state index in [-0.39, 0.29) is 0 Å². The van der Waals surface area contributed by atoms with Gasteiger partial charge in [-0.2, -0.15) is 0 Å². The van der Waals surface area contributed by atoms with Crippen LogP contribution in [-0.4, -0.2) is 32.9 Å². The van der Waals surface area contributed by atoms with Crippen LogP contribution < -0.4 is 29.8 Å². The zero-order chi connectivity index (χ0) is 20.6. The number of hydrogen-bond donors (Lipinski definition) is 2. The van der Waals surface area contributed by atoms with Crippen molar-refractivity contribution < 1.29 is 18.9 Å². The van der Waals surface area contributed by atoms with Gasteiger partial charge in [0.15, 0.2) is 16.6 Å². The third kappa shape index (κ3) is 5.10. The van der Waals surface area contributed by atoms with E-state index < -0.39 is 0 Å². The molecule has 0 atom stereocenters. The molecule has 3 aromatic rings. The normalized spacial score (nSPS) is 10.5. The van der Waals surface area contributed by atoms with Crippen molar-refractivity contribution in [3.63, 3.8) is 0 Å². The highest BCUT2D eigenvalue weighted by molar-refractivity contribution is 7.14. The molecule has 0 bridgehead atoms. The molecule has 7 nitrogen and oxygen atoms in total. The molecule has 0 aliphatic heterocycles. The lowest BCUT2D eigenvalue weighted by molar-refractivity contribution is 0.288. The van der Waals surface area contributed by atoms with Crippen molar-refractivity contribution >= 4 is 16.5 Å². The summed E-state index contributed by atoms with van der Waals surface area (Å²) in [5.41, 5.74) is 9.26. The third-order valence-corrected chi connectivity index (χ3v) is 4.94. The molecule has 1 heterocycles. The zero-order valence-corrected chi connectivity index (χ0v) is 17.8. The predicted molar refractivity (Wildman–Crippen MR) is 115 cm³/mol. The Bertz CT molecular complexity index is 903. The Hall–Kier alpha value is -2.97. The molecule has 0 aliphatic rings. The summed E-state index contributed by atoms with van der Waals surface area (Å²) < 4.78 is 21.7. The van der Waals surface area contributed by atoms with Crippen LogP contribution in [0.3, 0.4) is 0 Å². The van der Waals surface area contributed by atoms with Crippen LogP contribution in [0.2, 0.25) is 0 Å². The largest absolute Gasteiger partial charge is 0.497 e. The van der Waals surface area contributed by atoms with Gasteiger partial charge in [0, 0.05) is 17.5 Å². The summed E-state index contributed by atoms with van der Waals surface area (Å²) in [5.74, 6) is 2.71. The van der Waals surface area contributed by atoms with E-state index in [1.807, 2.05) is 48.7 Å². The molecule has 3 rings (SSSR count). The summed E-state index contributed by atoms with van der Waals surface area (Å²) in [5, 5.41) is 2.79. The molecule has 0 aliphatic carbocycles. The Balaban J connectivity index is 1.63. The van der Waals surface area contributed by atoms with E-state index in [9.17, 15) is 0 Å². The van der Waals surface area contributed by atoms with Gasteiger partial charge >= 0.3 is 0 Å². The van der Waals surface area contributed by atoms with Crippen molar-refractivity contribution in [1.29, 1.82) is 0 Å². The van der Waals surface area contributed by atoms with Crippen LogP contribution in [0.25, 0.3) is 11.3 Å². The minimum Gasteiger partial charge on any atom is -0.497 e. The second kappa shape index (κ2) is 9.99. The number of hydrazine groups is 1. The maximum Gasteiger partial charge on any atom is 0.203 e. The number of anilines is 1. The van der Waals surface area contributed by atoms with Crippen molar-refractivity contribution in [2.75, 3.05) is 33.4 Å². The fraction of sp³-hybridized carbons (Fsp3) is 0.286. The Labute approximate surface area is 174 Å². The van der Waals surface area contributed by atoms with Gasteiger partial charge in [-0.15, -0.1) is 11.3 Å². The Morgan fingerprint density at radius 2 is 1.66 bits per heavy atom. The third-order valence-electron chi connectivity index (χ3n) is 4.19. The standard InChI is InChI=1S/C21H25N3O4S/c1-5-28-20-18(26-3)10-14(11-19(20)27-4)12-22-24-21-23-17(13-29-21)15-6-8-16(25-2)9-7-15/h6-11,13,22H,5,12H2,1-4H3,(H,23,24). The fourth-order valence-corrected chi connectivity index (χ4v) is 3.46. The number of benzene rings is 2. The Kier molecular flexibility index (Phi) is 7.15. The molecule has 29 heavy (non-hydrogen) atoms. The van der Waals surface area contributed by atoms with Gasteiger partial charge in [0.1, 0.15) is 5.75 Å². The van der Waals surface area contributed by atoms with Crippen LogP contribution in [0, 0.1) is 0 Å². The van der Waals surface area contributed by atoms with E-state index in [2.05, 4.69) is 15.8 Å². The molecule has 2 aromatic carbocycles. The summed E-state index contributed by atoms with van der Waals surface area (Å²) >= 11 is 1.53. The number of ether oxygens (including phenoxy) is 4. The van der Waals surface area contributed by atoms with Gasteiger partial charge in [-0.25, -0.2) is 10.4 Å². The molecular weight excluding hydrogens is 390 g/mol. The highest BCUT2D eigenvalue weighted by Crippen LogP contribution is 2.38. The summed E-state index contributed by atoms with van der Waals surface area (Å²) in [7, 11) is 4.88. The first-order valence-corrected chi connectivity index (χ1v) is 10.0. The smallest absolute Gasteiger partial charge is 0.203 e. The molecule has 0 amide bonds. The van der Waals surface area contributed by atoms with Crippen LogP contribution in [-0.2, 0) is 6.54 Å². The number of nitrogens with one attached hydrogen (secondary N) is 2. The molecule has 154 valence electrons. The first-order chi connectivity index (χ1) is 14.2. The maximum atomic E-state index is 5.64. The van der Waals surface area contributed by atoms with Gasteiger partial charge < -0.3 is 18.9 Å². The SMILES string of the molecule is CCOc1c(OC)cc(CNNc2nc(-c3ccc(OC)cc3)cs2)cc1OC. The van der Waals surface area contributed by atoms with E-state index in [1.165, 1.54) is 11.3 Å². The Morgan fingerprint density at radius 1 is 0.966 bits per heavy atom. The lowest BCUT2D eigenvalue weighted by Gasteiger charge is -2.15. The minimum atomic E-state index is 0.534. The van der Waals surface area contributed by atoms with Gasteiger partial charge in [0.05, 0.1) is 33.6 Å². The topological polar surface area (TPSA) is 73.9 Å². The summed E-state index contributed by atoms with van der Waals surface area (Å²) in [4.78, 5) is 4.61. The van der Waals surface area contributed by atoms with Crippen molar-refractivity contribution in [2.24, 2.45) is 0 Å². The molecule has 0 fully saturated rings. The maximum absolute atomic E-state index is 5.64. The average molecular weight is 416 g/mol. The fourth-order valence-electron chi connectivity index (χ4n) is 2.77. The molecule has 0 spiro atoms. The van der Waals surface area contributed by atoms with Crippen LogP contribution in [0.15, 0.2) is 41.8 Å². The van der Waals surface area contributed by atoms with Crippen LogP contribution in [0.1, 0.15) is 12.5 Å². The zero-order valence-electron chi connectivity index (χ0n) is 16.9. The minimum absolute atomic E-state index is 0.534. The van der Waals surface area contributed by atoms with Gasteiger partial charge in [0.25, 0.3) is 0 Å². The van der Waals surface area contributed by atoms with Crippen molar-refractivity contribution in [3.8, 4) is 34.3 Å². The molecule has 0 saturated carbocycles. The summed E-state index contributed by atoms with van der Waals surface area (Å²) in [6.45, 7) is 3.01. The Morgan fingerprint density at radius 3 is 2.24 bits per heavy atom. The molecule has 2 N–H and O–H groups in total. The van der Waals surface area contributed by atoms with E-state index >= 15 is 0 Å². The van der Waals surface area contributed by atoms with E-state index in [0.717, 1.165) is 27.7 Å². The number of hydrogen-bond acceptors (Lipinski definition) is 8. The highest BCUT2D eigenvalue weighted by Gasteiger charge is 2.14. The number of rotatable bonds is 10. The lowest BCUT2D eigenvalue weighted by atomic mass is 10.2. The van der Waals surface area contributed by atoms with Gasteiger partial charge in [-0.3, -0.25) is 5.43 Å². The van der Waals surface area contributed by atoms with Crippen molar-refractivity contribution in [1.82, 2.24) is 10.4 Å². The summed E-state index contributed by atoms with van der Waals surface area (Å²) in [6, 6.07) is 11.7. The van der Waals surface area contributed by atoms with Crippen LogP contribution in [0.4, 0.5) is 5.13 Å². The molecular formula is C21H25N3O4S. The van der Waals surface area contributed by atoms with Gasteiger partial charge in [-0.1, -0.05) is 0 Å². The van der Waals surface area contributed by atoms with Crippen molar-refractivity contribution in [3.05, 3.63) is 47.3 Å². The van der Waals surface area contributed by atoms with E-state index in [4.69, 9.17) is 18.9 Å². The second-order valence-corrected chi connectivity index (χ2v) is 6.87. The molecule has 8 heteroatoms. The van der Waals surface area contributed by atoms with Gasteiger partial charge in [-0.05, 0) is 48.9 Å². The second-order valence-electron chi connectivity index (χ2n) is 6.01. The number of nitrogens with zero attached hydrogens (tertiary/aromatic N) is 1. The lowest BCUT2D eigenvalue weighted by Crippen LogP contribution is -2.20. The first kappa shape index (κ1) is 20.8. The number of aromatic nitrogens is 1.